The molecule has 0 bridgehead atoms. The van der Waals surface area contributed by atoms with Crippen LogP contribution in [0.3, 0.4) is 0 Å². The number of carbonyl (C=O) groups is 1. The van der Waals surface area contributed by atoms with Crippen LogP contribution in [0.5, 0.6) is 0 Å². The van der Waals surface area contributed by atoms with Crippen LogP contribution in [0.25, 0.3) is 0 Å². The maximum absolute atomic E-state index is 10.8. The Morgan fingerprint density at radius 1 is 1.73 bits per heavy atom. The first-order chi connectivity index (χ1) is 5.20. The lowest BCUT2D eigenvalue weighted by Gasteiger charge is -2.02. The van der Waals surface area contributed by atoms with Crippen molar-refractivity contribution in [2.24, 2.45) is 5.92 Å². The maximum atomic E-state index is 10.8. The van der Waals surface area contributed by atoms with Crippen LogP contribution in [0.2, 0.25) is 0 Å². The molecule has 0 saturated heterocycles. The Balaban J connectivity index is 3.59. The van der Waals surface area contributed by atoms with Gasteiger partial charge in [0.1, 0.15) is 0 Å². The van der Waals surface area contributed by atoms with Gasteiger partial charge in [-0.15, -0.1) is 0 Å². The van der Waals surface area contributed by atoms with Crippen molar-refractivity contribution < 1.29 is 4.79 Å². The van der Waals surface area contributed by atoms with E-state index in [1.165, 1.54) is 0 Å². The zero-order valence-electron chi connectivity index (χ0n) is 6.93. The lowest BCUT2D eigenvalue weighted by Crippen LogP contribution is -2.13. The summed E-state index contributed by atoms with van der Waals surface area (Å²) < 4.78 is 2.57. The van der Waals surface area contributed by atoms with E-state index in [0.717, 1.165) is 6.42 Å². The average molecular weight is 267 g/mol. The molecule has 3 heteroatoms. The Morgan fingerprint density at radius 3 is 2.82 bits per heavy atom. The van der Waals surface area contributed by atoms with E-state index >= 15 is 0 Å². The van der Waals surface area contributed by atoms with Gasteiger partial charge < -0.3 is 0 Å². The molecule has 0 aliphatic heterocycles. The smallest absolute Gasteiger partial charge is 0.229 e. The van der Waals surface area contributed by atoms with Gasteiger partial charge in [0.05, 0.1) is 22.9 Å². The van der Waals surface area contributed by atoms with Crippen molar-refractivity contribution in [1.82, 2.24) is 3.53 Å². The minimum absolute atomic E-state index is 0.0962. The summed E-state index contributed by atoms with van der Waals surface area (Å²) in [4.78, 5) is 10.8. The van der Waals surface area contributed by atoms with Gasteiger partial charge in [-0.2, -0.15) is 0 Å². The van der Waals surface area contributed by atoms with Crippen LogP contribution in [0.1, 0.15) is 26.7 Å². The highest BCUT2D eigenvalue weighted by Crippen LogP contribution is 2.04. The Labute approximate surface area is 81.9 Å². The third kappa shape index (κ3) is 6.34. The topological polar surface area (TPSA) is 29.1 Å². The van der Waals surface area contributed by atoms with Crippen molar-refractivity contribution in [2.45, 2.75) is 26.7 Å². The number of carbonyl (C=O) groups excluding carboxylic acids is 1. The Bertz CT molecular complexity index is 145. The Morgan fingerprint density at radius 2 is 2.36 bits per heavy atom. The fourth-order valence-electron chi connectivity index (χ4n) is 0.767. The highest BCUT2D eigenvalue weighted by molar-refractivity contribution is 14.1. The van der Waals surface area contributed by atoms with Crippen molar-refractivity contribution in [3.63, 3.8) is 0 Å². The Hall–Kier alpha value is -0.0600. The minimum atomic E-state index is 0.0962. The fraction of sp³-hybridized carbons (Fsp3) is 0.625. The predicted molar refractivity (Wildman–Crippen MR) is 55.4 cm³/mol. The minimum Gasteiger partial charge on any atom is -0.299 e. The van der Waals surface area contributed by atoms with Crippen LogP contribution in [-0.4, -0.2) is 5.91 Å². The van der Waals surface area contributed by atoms with Gasteiger partial charge >= 0.3 is 0 Å². The SMILES string of the molecule is CC/C=C\[C@@H](C)CC(=O)NI. The van der Waals surface area contributed by atoms with Gasteiger partial charge in [0.25, 0.3) is 0 Å². The largest absolute Gasteiger partial charge is 0.299 e. The molecule has 0 heterocycles. The van der Waals surface area contributed by atoms with Gasteiger partial charge in [0, 0.05) is 6.42 Å². The first-order valence-corrected chi connectivity index (χ1v) is 4.84. The third-order valence-corrected chi connectivity index (χ3v) is 1.91. The predicted octanol–water partition coefficient (Wildman–Crippen LogP) is 2.45. The normalized spacial score (nSPS) is 13.4. The zero-order chi connectivity index (χ0) is 8.69. The molecule has 0 fully saturated rings. The number of hydrogen-bond donors (Lipinski definition) is 1. The average Bonchev–Trinajstić information content (AvgIpc) is 2.00. The summed E-state index contributed by atoms with van der Waals surface area (Å²) in [5, 5.41) is 0. The molecule has 0 saturated carbocycles. The molecule has 0 radical (unpaired) electrons. The van der Waals surface area contributed by atoms with Crippen molar-refractivity contribution >= 4 is 28.8 Å². The molecule has 1 amide bonds. The van der Waals surface area contributed by atoms with E-state index < -0.39 is 0 Å². The van der Waals surface area contributed by atoms with E-state index in [0.29, 0.717) is 12.3 Å². The molecule has 0 aliphatic rings. The van der Waals surface area contributed by atoms with E-state index in [-0.39, 0.29) is 5.91 Å². The summed E-state index contributed by atoms with van der Waals surface area (Å²) in [6, 6.07) is 0. The molecule has 0 aliphatic carbocycles. The van der Waals surface area contributed by atoms with Crippen LogP contribution in [-0.2, 0) is 4.79 Å². The number of rotatable bonds is 4. The van der Waals surface area contributed by atoms with E-state index in [1.807, 2.05) is 29.8 Å². The third-order valence-electron chi connectivity index (χ3n) is 1.31. The van der Waals surface area contributed by atoms with Crippen molar-refractivity contribution in [3.05, 3.63) is 12.2 Å². The van der Waals surface area contributed by atoms with Crippen molar-refractivity contribution in [1.29, 1.82) is 0 Å². The van der Waals surface area contributed by atoms with Crippen molar-refractivity contribution in [3.8, 4) is 0 Å². The van der Waals surface area contributed by atoms with Gasteiger partial charge in [-0.1, -0.05) is 26.0 Å². The number of amides is 1. The quantitative estimate of drug-likeness (QED) is 0.473. The molecule has 64 valence electrons. The van der Waals surface area contributed by atoms with E-state index in [4.69, 9.17) is 0 Å². The highest BCUT2D eigenvalue weighted by atomic mass is 127. The number of hydrogen-bond acceptors (Lipinski definition) is 1. The molecule has 0 spiro atoms. The second-order valence-electron chi connectivity index (χ2n) is 2.54. The molecule has 2 nitrogen and oxygen atoms in total. The summed E-state index contributed by atoms with van der Waals surface area (Å²) in [5.74, 6) is 0.448. The fourth-order valence-corrected chi connectivity index (χ4v) is 0.988. The van der Waals surface area contributed by atoms with Crippen LogP contribution in [0, 0.1) is 5.92 Å². The monoisotopic (exact) mass is 267 g/mol. The summed E-state index contributed by atoms with van der Waals surface area (Å²) in [7, 11) is 0. The van der Waals surface area contributed by atoms with E-state index in [9.17, 15) is 4.79 Å². The molecule has 0 aromatic rings. The first kappa shape index (κ1) is 10.9. The summed E-state index contributed by atoms with van der Waals surface area (Å²) >= 11 is 1.86. The van der Waals surface area contributed by atoms with Gasteiger partial charge in [0.2, 0.25) is 5.91 Å². The number of nitrogens with one attached hydrogen (secondary N) is 1. The van der Waals surface area contributed by atoms with Crippen molar-refractivity contribution in [2.75, 3.05) is 0 Å². The first-order valence-electron chi connectivity index (χ1n) is 3.76. The molecule has 0 rings (SSSR count). The van der Waals surface area contributed by atoms with Crippen LogP contribution < -0.4 is 3.53 Å². The lowest BCUT2D eigenvalue weighted by atomic mass is 10.1. The van der Waals surface area contributed by atoms with Crippen LogP contribution in [0.4, 0.5) is 0 Å². The molecule has 0 aromatic carbocycles. The molecule has 0 aromatic heterocycles. The lowest BCUT2D eigenvalue weighted by molar-refractivity contribution is -0.119. The van der Waals surface area contributed by atoms with Gasteiger partial charge in [0.15, 0.2) is 0 Å². The highest BCUT2D eigenvalue weighted by Gasteiger charge is 2.03. The second-order valence-corrected chi connectivity index (χ2v) is 3.07. The maximum Gasteiger partial charge on any atom is 0.229 e. The van der Waals surface area contributed by atoms with Gasteiger partial charge in [-0.05, 0) is 12.3 Å². The number of halogens is 1. The molecule has 11 heavy (non-hydrogen) atoms. The molecular formula is C8H14INO. The van der Waals surface area contributed by atoms with E-state index in [2.05, 4.69) is 22.6 Å². The number of allylic oxidation sites excluding steroid dienone is 2. The van der Waals surface area contributed by atoms with Crippen LogP contribution in [0.15, 0.2) is 12.2 Å². The Kier molecular flexibility index (Phi) is 6.60. The summed E-state index contributed by atoms with van der Waals surface area (Å²) in [5.41, 5.74) is 0. The summed E-state index contributed by atoms with van der Waals surface area (Å²) in [6.07, 6.45) is 5.78. The zero-order valence-corrected chi connectivity index (χ0v) is 9.09. The van der Waals surface area contributed by atoms with Gasteiger partial charge in [-0.25, -0.2) is 0 Å². The standard InChI is InChI=1S/C8H14INO/c1-3-4-5-7(2)6-8(11)10-9/h4-5,7H,3,6H2,1-2H3,(H,10,11)/b5-4-/t7-/m1/s1. The molecule has 0 unspecified atom stereocenters. The summed E-state index contributed by atoms with van der Waals surface area (Å²) in [6.45, 7) is 4.12. The van der Waals surface area contributed by atoms with E-state index in [1.54, 1.807) is 0 Å². The second kappa shape index (κ2) is 6.64. The van der Waals surface area contributed by atoms with Gasteiger partial charge in [-0.3, -0.25) is 8.32 Å². The molecular weight excluding hydrogens is 253 g/mol. The molecule has 1 atom stereocenters. The van der Waals surface area contributed by atoms with Crippen LogP contribution >= 0.6 is 22.9 Å². The molecule has 1 N–H and O–H groups in total.